The standard InChI is InChI=1S/C17H14ClFN2O2/c1-10-3-2-4-11(7-10)20-15-9-16(22)21(17(15)23)12-5-6-14(19)13(18)8-12/h2-8,15,20H,9H2,1H3/t15-/m1/s1. The van der Waals surface area contributed by atoms with Crippen molar-refractivity contribution in [3.8, 4) is 0 Å². The van der Waals surface area contributed by atoms with Crippen LogP contribution in [0.15, 0.2) is 42.5 Å². The zero-order chi connectivity index (χ0) is 16.6. The molecule has 3 rings (SSSR count). The zero-order valence-corrected chi connectivity index (χ0v) is 13.1. The third-order valence-electron chi connectivity index (χ3n) is 3.67. The summed E-state index contributed by atoms with van der Waals surface area (Å²) in [6, 6.07) is 10.7. The fourth-order valence-corrected chi connectivity index (χ4v) is 2.75. The molecule has 118 valence electrons. The highest BCUT2D eigenvalue weighted by molar-refractivity contribution is 6.31. The van der Waals surface area contributed by atoms with Crippen LogP contribution in [0, 0.1) is 12.7 Å². The number of carbonyl (C=O) groups is 2. The minimum Gasteiger partial charge on any atom is -0.373 e. The molecule has 1 N–H and O–H groups in total. The largest absolute Gasteiger partial charge is 0.373 e. The number of amides is 2. The van der Waals surface area contributed by atoms with Gasteiger partial charge in [-0.25, -0.2) is 9.29 Å². The Hall–Kier alpha value is -2.40. The van der Waals surface area contributed by atoms with Crippen molar-refractivity contribution in [3.05, 3.63) is 58.9 Å². The number of rotatable bonds is 3. The number of benzene rings is 2. The molecule has 0 aliphatic carbocycles. The van der Waals surface area contributed by atoms with Gasteiger partial charge in [0.2, 0.25) is 5.91 Å². The minimum atomic E-state index is -0.645. The lowest BCUT2D eigenvalue weighted by Gasteiger charge is -2.16. The molecule has 2 aromatic rings. The second-order valence-electron chi connectivity index (χ2n) is 5.44. The number of hydrogen-bond donors (Lipinski definition) is 1. The molecule has 2 amide bonds. The highest BCUT2D eigenvalue weighted by Gasteiger charge is 2.39. The third kappa shape index (κ3) is 3.05. The van der Waals surface area contributed by atoms with E-state index in [1.165, 1.54) is 12.1 Å². The maximum atomic E-state index is 13.2. The van der Waals surface area contributed by atoms with Crippen LogP contribution in [0.1, 0.15) is 12.0 Å². The molecule has 1 aliphatic heterocycles. The molecule has 1 heterocycles. The number of hydrogen-bond acceptors (Lipinski definition) is 3. The summed E-state index contributed by atoms with van der Waals surface area (Å²) >= 11 is 5.73. The first-order chi connectivity index (χ1) is 11.0. The molecule has 0 radical (unpaired) electrons. The van der Waals surface area contributed by atoms with E-state index < -0.39 is 11.9 Å². The average molecular weight is 333 g/mol. The van der Waals surface area contributed by atoms with Crippen molar-refractivity contribution in [1.29, 1.82) is 0 Å². The Morgan fingerprint density at radius 2 is 2.00 bits per heavy atom. The SMILES string of the molecule is Cc1cccc(N[C@@H]2CC(=O)N(c3ccc(F)c(Cl)c3)C2=O)c1. The molecule has 1 fully saturated rings. The Morgan fingerprint density at radius 3 is 2.70 bits per heavy atom. The monoisotopic (exact) mass is 332 g/mol. The molecule has 1 aliphatic rings. The number of halogens is 2. The maximum Gasteiger partial charge on any atom is 0.256 e. The van der Waals surface area contributed by atoms with E-state index in [-0.39, 0.29) is 28.9 Å². The predicted octanol–water partition coefficient (Wildman–Crippen LogP) is 3.53. The van der Waals surface area contributed by atoms with Crippen molar-refractivity contribution in [2.45, 2.75) is 19.4 Å². The lowest BCUT2D eigenvalue weighted by atomic mass is 10.2. The van der Waals surface area contributed by atoms with Crippen molar-refractivity contribution in [1.82, 2.24) is 0 Å². The lowest BCUT2D eigenvalue weighted by molar-refractivity contribution is -0.121. The fourth-order valence-electron chi connectivity index (χ4n) is 2.58. The Kier molecular flexibility index (Phi) is 4.05. The third-order valence-corrected chi connectivity index (χ3v) is 3.96. The summed E-state index contributed by atoms with van der Waals surface area (Å²) in [6.45, 7) is 1.94. The molecule has 0 unspecified atom stereocenters. The van der Waals surface area contributed by atoms with E-state index in [1.807, 2.05) is 31.2 Å². The molecule has 2 aromatic carbocycles. The molecule has 0 aromatic heterocycles. The number of anilines is 2. The van der Waals surface area contributed by atoms with Gasteiger partial charge < -0.3 is 5.32 Å². The van der Waals surface area contributed by atoms with Crippen LogP contribution in [-0.4, -0.2) is 17.9 Å². The topological polar surface area (TPSA) is 49.4 Å². The van der Waals surface area contributed by atoms with Crippen molar-refractivity contribution in [2.24, 2.45) is 0 Å². The van der Waals surface area contributed by atoms with Gasteiger partial charge in [0, 0.05) is 5.69 Å². The molecule has 6 heteroatoms. The summed E-state index contributed by atoms with van der Waals surface area (Å²) in [5.74, 6) is -1.31. The highest BCUT2D eigenvalue weighted by atomic mass is 35.5. The van der Waals surface area contributed by atoms with Gasteiger partial charge in [-0.1, -0.05) is 23.7 Å². The summed E-state index contributed by atoms with van der Waals surface area (Å²) in [4.78, 5) is 25.7. The van der Waals surface area contributed by atoms with E-state index in [2.05, 4.69) is 5.32 Å². The van der Waals surface area contributed by atoms with Crippen molar-refractivity contribution < 1.29 is 14.0 Å². The van der Waals surface area contributed by atoms with Crippen LogP contribution >= 0.6 is 11.6 Å². The Morgan fingerprint density at radius 1 is 1.22 bits per heavy atom. The van der Waals surface area contributed by atoms with Gasteiger partial charge in [0.15, 0.2) is 0 Å². The first kappa shape index (κ1) is 15.5. The highest BCUT2D eigenvalue weighted by Crippen LogP contribution is 2.28. The van der Waals surface area contributed by atoms with Gasteiger partial charge in [0.25, 0.3) is 5.91 Å². The van der Waals surface area contributed by atoms with E-state index in [9.17, 15) is 14.0 Å². The van der Waals surface area contributed by atoms with Crippen LogP contribution in [0.4, 0.5) is 15.8 Å². The molecule has 23 heavy (non-hydrogen) atoms. The number of nitrogens with one attached hydrogen (secondary N) is 1. The number of imide groups is 1. The van der Waals surface area contributed by atoms with Crippen LogP contribution in [0.25, 0.3) is 0 Å². The van der Waals surface area contributed by atoms with Gasteiger partial charge >= 0.3 is 0 Å². The predicted molar refractivity (Wildman–Crippen MR) is 87.1 cm³/mol. The number of aryl methyl sites for hydroxylation is 1. The number of nitrogens with zero attached hydrogens (tertiary/aromatic N) is 1. The fraction of sp³-hybridized carbons (Fsp3) is 0.176. The van der Waals surface area contributed by atoms with Crippen LogP contribution in [0.5, 0.6) is 0 Å². The van der Waals surface area contributed by atoms with Gasteiger partial charge in [0.05, 0.1) is 17.1 Å². The summed E-state index contributed by atoms with van der Waals surface area (Å²) in [5.41, 5.74) is 2.10. The zero-order valence-electron chi connectivity index (χ0n) is 12.3. The van der Waals surface area contributed by atoms with Crippen LogP contribution in [0.3, 0.4) is 0 Å². The average Bonchev–Trinajstić information content (AvgIpc) is 2.77. The first-order valence-electron chi connectivity index (χ1n) is 7.11. The van der Waals surface area contributed by atoms with Crippen molar-refractivity contribution in [2.75, 3.05) is 10.2 Å². The molecule has 1 atom stereocenters. The number of carbonyl (C=O) groups excluding carboxylic acids is 2. The quantitative estimate of drug-likeness (QED) is 0.875. The Balaban J connectivity index is 1.83. The smallest absolute Gasteiger partial charge is 0.256 e. The van der Waals surface area contributed by atoms with Crippen LogP contribution < -0.4 is 10.2 Å². The molecule has 0 bridgehead atoms. The molecule has 0 saturated carbocycles. The van der Waals surface area contributed by atoms with E-state index in [0.29, 0.717) is 0 Å². The Labute approximate surface area is 137 Å². The Bertz CT molecular complexity index is 794. The summed E-state index contributed by atoms with van der Waals surface area (Å²) in [7, 11) is 0. The van der Waals surface area contributed by atoms with Crippen molar-refractivity contribution >= 4 is 34.8 Å². The van der Waals surface area contributed by atoms with E-state index in [4.69, 9.17) is 11.6 Å². The van der Waals surface area contributed by atoms with E-state index in [1.54, 1.807) is 0 Å². The maximum absolute atomic E-state index is 13.2. The molecular formula is C17H14ClFN2O2. The summed E-state index contributed by atoms with van der Waals surface area (Å²) in [5, 5.41) is 2.94. The summed E-state index contributed by atoms with van der Waals surface area (Å²) < 4.78 is 13.2. The molecule has 0 spiro atoms. The van der Waals surface area contributed by atoms with Gasteiger partial charge in [-0.15, -0.1) is 0 Å². The molecular weight excluding hydrogens is 319 g/mol. The van der Waals surface area contributed by atoms with Gasteiger partial charge in [-0.3, -0.25) is 9.59 Å². The first-order valence-corrected chi connectivity index (χ1v) is 7.48. The molecule has 1 saturated heterocycles. The van der Waals surface area contributed by atoms with E-state index >= 15 is 0 Å². The van der Waals surface area contributed by atoms with Crippen LogP contribution in [0.2, 0.25) is 5.02 Å². The van der Waals surface area contributed by atoms with Crippen LogP contribution in [-0.2, 0) is 9.59 Å². The normalized spacial score (nSPS) is 17.7. The van der Waals surface area contributed by atoms with Gasteiger partial charge in [-0.05, 0) is 42.8 Å². The lowest BCUT2D eigenvalue weighted by Crippen LogP contribution is -2.34. The van der Waals surface area contributed by atoms with Crippen molar-refractivity contribution in [3.63, 3.8) is 0 Å². The van der Waals surface area contributed by atoms with Gasteiger partial charge in [-0.2, -0.15) is 0 Å². The van der Waals surface area contributed by atoms with Gasteiger partial charge in [0.1, 0.15) is 11.9 Å². The summed E-state index contributed by atoms with van der Waals surface area (Å²) in [6.07, 6.45) is 0.0434. The minimum absolute atomic E-state index is 0.0434. The molecule has 4 nitrogen and oxygen atoms in total. The second kappa shape index (κ2) is 6.01. The second-order valence-corrected chi connectivity index (χ2v) is 5.84. The van der Waals surface area contributed by atoms with E-state index in [0.717, 1.165) is 22.2 Å².